The molecule has 0 unspecified atom stereocenters. The number of nitrogens with one attached hydrogen (secondary N) is 1. The van der Waals surface area contributed by atoms with Gasteiger partial charge in [-0.2, -0.15) is 4.31 Å². The molecule has 0 atom stereocenters. The molecule has 0 spiro atoms. The molecule has 4 rings (SSSR count). The van der Waals surface area contributed by atoms with Gasteiger partial charge >= 0.3 is 5.97 Å². The van der Waals surface area contributed by atoms with E-state index in [2.05, 4.69) is 4.98 Å². The molecule has 134 valence electrons. The number of carboxylic acid groups (broad SMARTS) is 1. The Morgan fingerprint density at radius 3 is 2.62 bits per heavy atom. The Kier molecular flexibility index (Phi) is 4.05. The van der Waals surface area contributed by atoms with Crippen molar-refractivity contribution >= 4 is 26.9 Å². The molecule has 2 aromatic carbocycles. The number of sulfonamides is 1. The van der Waals surface area contributed by atoms with Crippen LogP contribution in [0.4, 0.5) is 0 Å². The zero-order valence-electron chi connectivity index (χ0n) is 14.0. The minimum Gasteiger partial charge on any atom is -0.478 e. The fourth-order valence-corrected chi connectivity index (χ4v) is 5.00. The Labute approximate surface area is 151 Å². The van der Waals surface area contributed by atoms with Gasteiger partial charge in [0.1, 0.15) is 0 Å². The monoisotopic (exact) mass is 370 g/mol. The van der Waals surface area contributed by atoms with Crippen LogP contribution in [0.5, 0.6) is 0 Å². The van der Waals surface area contributed by atoms with Crippen LogP contribution in [0, 0.1) is 0 Å². The third-order valence-electron chi connectivity index (χ3n) is 4.79. The van der Waals surface area contributed by atoms with Crippen LogP contribution in [0.1, 0.15) is 27.2 Å². The Morgan fingerprint density at radius 2 is 1.88 bits per heavy atom. The van der Waals surface area contributed by atoms with E-state index in [1.807, 2.05) is 24.3 Å². The molecule has 0 amide bonds. The number of H-pyrrole nitrogens is 1. The number of hydrogen-bond acceptors (Lipinski definition) is 3. The largest absolute Gasteiger partial charge is 0.478 e. The smallest absolute Gasteiger partial charge is 0.337 e. The maximum Gasteiger partial charge on any atom is 0.337 e. The highest BCUT2D eigenvalue weighted by Crippen LogP contribution is 2.31. The van der Waals surface area contributed by atoms with Crippen molar-refractivity contribution in [3.05, 3.63) is 70.9 Å². The van der Waals surface area contributed by atoms with E-state index in [1.165, 1.54) is 4.31 Å². The normalized spacial score (nSPS) is 15.1. The molecule has 0 saturated heterocycles. The van der Waals surface area contributed by atoms with Crippen LogP contribution in [0.15, 0.2) is 48.5 Å². The number of benzene rings is 2. The molecule has 0 radical (unpaired) electrons. The van der Waals surface area contributed by atoms with Crippen LogP contribution < -0.4 is 0 Å². The van der Waals surface area contributed by atoms with E-state index >= 15 is 0 Å². The first-order valence-electron chi connectivity index (χ1n) is 8.33. The van der Waals surface area contributed by atoms with Gasteiger partial charge in [-0.15, -0.1) is 0 Å². The summed E-state index contributed by atoms with van der Waals surface area (Å²) < 4.78 is 27.1. The molecule has 2 N–H and O–H groups in total. The number of carboxylic acids is 1. The molecule has 0 saturated carbocycles. The lowest BCUT2D eigenvalue weighted by molar-refractivity contribution is 0.0699. The molecule has 7 heteroatoms. The van der Waals surface area contributed by atoms with E-state index < -0.39 is 16.0 Å². The van der Waals surface area contributed by atoms with Gasteiger partial charge in [-0.1, -0.05) is 42.5 Å². The Hall–Kier alpha value is -2.64. The summed E-state index contributed by atoms with van der Waals surface area (Å²) in [6.07, 6.45) is 0.539. The molecule has 2 heterocycles. The van der Waals surface area contributed by atoms with Crippen molar-refractivity contribution in [3.8, 4) is 0 Å². The highest BCUT2D eigenvalue weighted by atomic mass is 32.2. The zero-order chi connectivity index (χ0) is 18.3. The van der Waals surface area contributed by atoms with Gasteiger partial charge in [0, 0.05) is 30.6 Å². The van der Waals surface area contributed by atoms with Crippen molar-refractivity contribution in [2.75, 3.05) is 6.54 Å². The number of rotatable bonds is 4. The van der Waals surface area contributed by atoms with E-state index in [4.69, 9.17) is 0 Å². The van der Waals surface area contributed by atoms with Gasteiger partial charge in [0.2, 0.25) is 10.0 Å². The van der Waals surface area contributed by atoms with Gasteiger partial charge in [0.05, 0.1) is 16.8 Å². The molecule has 1 aliphatic rings. The van der Waals surface area contributed by atoms with Crippen LogP contribution >= 0.6 is 0 Å². The van der Waals surface area contributed by atoms with Crippen molar-refractivity contribution in [2.45, 2.75) is 18.7 Å². The topological polar surface area (TPSA) is 90.5 Å². The summed E-state index contributed by atoms with van der Waals surface area (Å²) in [6, 6.07) is 14.2. The summed E-state index contributed by atoms with van der Waals surface area (Å²) in [7, 11) is -3.45. The van der Waals surface area contributed by atoms with Gasteiger partial charge in [-0.3, -0.25) is 0 Å². The average molecular weight is 370 g/mol. The van der Waals surface area contributed by atoms with E-state index in [0.717, 1.165) is 22.2 Å². The number of aromatic carboxylic acids is 1. The van der Waals surface area contributed by atoms with Gasteiger partial charge in [0.15, 0.2) is 0 Å². The lowest BCUT2D eigenvalue weighted by atomic mass is 10.0. The molecule has 26 heavy (non-hydrogen) atoms. The van der Waals surface area contributed by atoms with Crippen LogP contribution in [0.25, 0.3) is 10.9 Å². The second-order valence-corrected chi connectivity index (χ2v) is 8.41. The summed E-state index contributed by atoms with van der Waals surface area (Å²) >= 11 is 0. The summed E-state index contributed by atoms with van der Waals surface area (Å²) in [5.41, 5.74) is 3.30. The maximum atomic E-state index is 12.8. The van der Waals surface area contributed by atoms with Crippen molar-refractivity contribution in [2.24, 2.45) is 0 Å². The number of nitrogens with zero attached hydrogens (tertiary/aromatic N) is 1. The standard InChI is InChI=1S/C19H18N2O4S/c22-19(23)15-8-4-7-14-16-11-21(10-9-17(16)20-18(14)15)26(24,25)12-13-5-2-1-3-6-13/h1-8,20H,9-12H2,(H,22,23). The van der Waals surface area contributed by atoms with E-state index in [0.29, 0.717) is 18.5 Å². The van der Waals surface area contributed by atoms with E-state index in [-0.39, 0.29) is 17.9 Å². The minimum absolute atomic E-state index is 0.0358. The van der Waals surface area contributed by atoms with Crippen LogP contribution in [0.3, 0.4) is 0 Å². The molecule has 0 aliphatic carbocycles. The zero-order valence-corrected chi connectivity index (χ0v) is 14.8. The van der Waals surface area contributed by atoms with Gasteiger partial charge < -0.3 is 10.1 Å². The second kappa shape index (κ2) is 6.26. The Bertz CT molecular complexity index is 1090. The number of carbonyl (C=O) groups is 1. The average Bonchev–Trinajstić information content (AvgIpc) is 3.00. The first kappa shape index (κ1) is 16.8. The summed E-state index contributed by atoms with van der Waals surface area (Å²) in [6.45, 7) is 0.644. The predicted molar refractivity (Wildman–Crippen MR) is 98.4 cm³/mol. The quantitative estimate of drug-likeness (QED) is 0.739. The molecule has 1 aliphatic heterocycles. The fraction of sp³-hybridized carbons (Fsp3) is 0.211. The van der Waals surface area contributed by atoms with Gasteiger partial charge in [0.25, 0.3) is 0 Å². The molecule has 1 aromatic heterocycles. The van der Waals surface area contributed by atoms with Crippen LogP contribution in [0.2, 0.25) is 0 Å². The molecular formula is C19H18N2O4S. The lowest BCUT2D eigenvalue weighted by Crippen LogP contribution is -2.36. The van der Waals surface area contributed by atoms with E-state index in [9.17, 15) is 18.3 Å². The number of aromatic nitrogens is 1. The third-order valence-corrected chi connectivity index (χ3v) is 6.59. The minimum atomic E-state index is -3.45. The first-order valence-corrected chi connectivity index (χ1v) is 9.94. The molecule has 0 fully saturated rings. The maximum absolute atomic E-state index is 12.8. The van der Waals surface area contributed by atoms with Crippen LogP contribution in [-0.4, -0.2) is 35.3 Å². The van der Waals surface area contributed by atoms with Crippen molar-refractivity contribution in [1.82, 2.24) is 9.29 Å². The third kappa shape index (κ3) is 2.89. The SMILES string of the molecule is O=C(O)c1cccc2c3c([nH]c12)CCN(S(=O)(=O)Cc1ccccc1)C3. The molecular weight excluding hydrogens is 352 g/mol. The summed E-state index contributed by atoms with van der Waals surface area (Å²) in [5, 5.41) is 10.1. The number of para-hydroxylation sites is 1. The fourth-order valence-electron chi connectivity index (χ4n) is 3.51. The van der Waals surface area contributed by atoms with Gasteiger partial charge in [-0.25, -0.2) is 13.2 Å². The van der Waals surface area contributed by atoms with E-state index in [1.54, 1.807) is 24.3 Å². The van der Waals surface area contributed by atoms with Crippen molar-refractivity contribution in [1.29, 1.82) is 0 Å². The molecule has 0 bridgehead atoms. The molecule has 6 nitrogen and oxygen atoms in total. The second-order valence-electron chi connectivity index (χ2n) is 6.44. The van der Waals surface area contributed by atoms with Crippen molar-refractivity contribution < 1.29 is 18.3 Å². The van der Waals surface area contributed by atoms with Crippen molar-refractivity contribution in [3.63, 3.8) is 0 Å². The highest BCUT2D eigenvalue weighted by Gasteiger charge is 2.29. The number of aromatic amines is 1. The number of fused-ring (bicyclic) bond motifs is 3. The highest BCUT2D eigenvalue weighted by molar-refractivity contribution is 7.88. The van der Waals surface area contributed by atoms with Gasteiger partial charge in [-0.05, 0) is 17.2 Å². The van der Waals surface area contributed by atoms with Crippen LogP contribution in [-0.2, 0) is 28.7 Å². The number of hydrogen-bond donors (Lipinski definition) is 2. The Morgan fingerprint density at radius 1 is 1.12 bits per heavy atom. The summed E-state index contributed by atoms with van der Waals surface area (Å²) in [4.78, 5) is 14.6. The summed E-state index contributed by atoms with van der Waals surface area (Å²) in [5.74, 6) is -1.03. The molecule has 3 aromatic rings. The predicted octanol–water partition coefficient (Wildman–Crippen LogP) is 2.75. The lowest BCUT2D eigenvalue weighted by Gasteiger charge is -2.26. The first-order chi connectivity index (χ1) is 12.5. The Balaban J connectivity index is 1.68.